The fraction of sp³-hybridized carbons (Fsp3) is 0.240. The highest BCUT2D eigenvalue weighted by atomic mass is 16.2. The van der Waals surface area contributed by atoms with Gasteiger partial charge < -0.3 is 9.88 Å². The van der Waals surface area contributed by atoms with Crippen molar-refractivity contribution in [3.8, 4) is 5.69 Å². The van der Waals surface area contributed by atoms with Crippen molar-refractivity contribution in [1.29, 1.82) is 0 Å². The predicted molar refractivity (Wildman–Crippen MR) is 123 cm³/mol. The van der Waals surface area contributed by atoms with Gasteiger partial charge in [-0.25, -0.2) is 5.43 Å². The Balaban J connectivity index is 1.59. The molecule has 1 heterocycles. The van der Waals surface area contributed by atoms with Crippen molar-refractivity contribution in [2.75, 3.05) is 0 Å². The molecule has 0 aliphatic rings. The van der Waals surface area contributed by atoms with Crippen LogP contribution < -0.4 is 10.7 Å². The van der Waals surface area contributed by atoms with E-state index in [2.05, 4.69) is 52.5 Å². The number of nitrogens with one attached hydrogen (secondary N) is 2. The molecule has 0 fully saturated rings. The number of aryl methyl sites for hydroxylation is 3. The van der Waals surface area contributed by atoms with Crippen LogP contribution >= 0.6 is 0 Å². The molecule has 0 unspecified atom stereocenters. The number of carbonyl (C=O) groups is 2. The third-order valence-electron chi connectivity index (χ3n) is 5.12. The average molecular weight is 417 g/mol. The molecule has 0 atom stereocenters. The molecule has 160 valence electrons. The molecule has 31 heavy (non-hydrogen) atoms. The number of amides is 2. The van der Waals surface area contributed by atoms with E-state index in [0.29, 0.717) is 6.54 Å². The molecule has 0 bridgehead atoms. The summed E-state index contributed by atoms with van der Waals surface area (Å²) in [4.78, 5) is 24.0. The summed E-state index contributed by atoms with van der Waals surface area (Å²) in [6.07, 6.45) is 1.34. The van der Waals surface area contributed by atoms with Crippen LogP contribution in [0.15, 0.2) is 59.7 Å². The fourth-order valence-electron chi connectivity index (χ4n) is 3.47. The maximum Gasteiger partial charge on any atom is 0.249 e. The molecule has 0 spiro atoms. The van der Waals surface area contributed by atoms with E-state index in [-0.39, 0.29) is 12.3 Å². The highest BCUT2D eigenvalue weighted by Crippen LogP contribution is 2.23. The highest BCUT2D eigenvalue weighted by Gasteiger charge is 2.12. The number of hydrogen-bond donors (Lipinski definition) is 2. The Morgan fingerprint density at radius 3 is 2.45 bits per heavy atom. The van der Waals surface area contributed by atoms with E-state index in [1.807, 2.05) is 50.2 Å². The van der Waals surface area contributed by atoms with Gasteiger partial charge >= 0.3 is 0 Å². The lowest BCUT2D eigenvalue weighted by atomic mass is 10.1. The number of hydrazone groups is 1. The summed E-state index contributed by atoms with van der Waals surface area (Å²) in [7, 11) is 0. The smallest absolute Gasteiger partial charge is 0.249 e. The van der Waals surface area contributed by atoms with Gasteiger partial charge in [-0.1, -0.05) is 42.5 Å². The molecule has 0 radical (unpaired) electrons. The third-order valence-corrected chi connectivity index (χ3v) is 5.12. The zero-order chi connectivity index (χ0) is 22.4. The van der Waals surface area contributed by atoms with Crippen LogP contribution in [0.3, 0.4) is 0 Å². The SMILES string of the molecule is Cc1ccc(C)c(-n2c(C)cc(/C=N/NC(=O)CC(=O)NCc3ccccc3)c2C)c1. The molecule has 2 amide bonds. The first-order valence-electron chi connectivity index (χ1n) is 10.2. The van der Waals surface area contributed by atoms with Crippen LogP contribution in [-0.4, -0.2) is 22.6 Å². The summed E-state index contributed by atoms with van der Waals surface area (Å²) in [6.45, 7) is 8.62. The Morgan fingerprint density at radius 1 is 0.968 bits per heavy atom. The van der Waals surface area contributed by atoms with Crippen molar-refractivity contribution in [3.63, 3.8) is 0 Å². The molecule has 0 saturated heterocycles. The van der Waals surface area contributed by atoms with E-state index < -0.39 is 5.91 Å². The zero-order valence-corrected chi connectivity index (χ0v) is 18.4. The normalized spacial score (nSPS) is 11.0. The molecule has 2 N–H and O–H groups in total. The van der Waals surface area contributed by atoms with Gasteiger partial charge in [0.2, 0.25) is 11.8 Å². The van der Waals surface area contributed by atoms with E-state index in [1.54, 1.807) is 6.21 Å². The van der Waals surface area contributed by atoms with E-state index >= 15 is 0 Å². The van der Waals surface area contributed by atoms with E-state index in [0.717, 1.165) is 28.2 Å². The third kappa shape index (κ3) is 5.69. The lowest BCUT2D eigenvalue weighted by molar-refractivity contribution is -0.129. The largest absolute Gasteiger partial charge is 0.352 e. The quantitative estimate of drug-likeness (QED) is 0.349. The predicted octanol–water partition coefficient (Wildman–Crippen LogP) is 3.87. The van der Waals surface area contributed by atoms with E-state index in [1.165, 1.54) is 11.1 Å². The molecule has 6 heteroatoms. The number of hydrogen-bond acceptors (Lipinski definition) is 3. The lowest BCUT2D eigenvalue weighted by Crippen LogP contribution is -2.29. The van der Waals surface area contributed by atoms with Gasteiger partial charge in [0, 0.05) is 29.2 Å². The summed E-state index contributed by atoms with van der Waals surface area (Å²) in [5.41, 5.74) is 9.96. The number of nitrogens with zero attached hydrogens (tertiary/aromatic N) is 2. The van der Waals surface area contributed by atoms with Gasteiger partial charge in [0.25, 0.3) is 0 Å². The standard InChI is InChI=1S/C25H28N4O2/c1-17-10-11-18(2)23(12-17)29-19(3)13-22(20(29)4)16-27-28-25(31)14-24(30)26-15-21-8-6-5-7-9-21/h5-13,16H,14-15H2,1-4H3,(H,26,30)(H,28,31)/b27-16+. The number of benzene rings is 2. The zero-order valence-electron chi connectivity index (χ0n) is 18.4. The molecular formula is C25H28N4O2. The summed E-state index contributed by atoms with van der Waals surface area (Å²) < 4.78 is 2.18. The summed E-state index contributed by atoms with van der Waals surface area (Å²) in [5.74, 6) is -0.796. The molecular weight excluding hydrogens is 388 g/mol. The second-order valence-corrected chi connectivity index (χ2v) is 7.68. The van der Waals surface area contributed by atoms with Crippen LogP contribution in [0.1, 0.15) is 40.1 Å². The Morgan fingerprint density at radius 2 is 1.71 bits per heavy atom. The lowest BCUT2D eigenvalue weighted by Gasteiger charge is -2.13. The first-order valence-corrected chi connectivity index (χ1v) is 10.2. The minimum Gasteiger partial charge on any atom is -0.352 e. The molecule has 1 aromatic heterocycles. The van der Waals surface area contributed by atoms with Gasteiger partial charge in [-0.3, -0.25) is 9.59 Å². The monoisotopic (exact) mass is 416 g/mol. The van der Waals surface area contributed by atoms with Gasteiger partial charge in [-0.15, -0.1) is 0 Å². The molecule has 0 saturated carbocycles. The minimum atomic E-state index is -0.454. The van der Waals surface area contributed by atoms with Crippen molar-refractivity contribution < 1.29 is 9.59 Å². The van der Waals surface area contributed by atoms with Gasteiger partial charge in [0.05, 0.1) is 6.21 Å². The Kier molecular flexibility index (Phi) is 7.03. The minimum absolute atomic E-state index is 0.272. The highest BCUT2D eigenvalue weighted by molar-refractivity contribution is 5.97. The summed E-state index contributed by atoms with van der Waals surface area (Å²) >= 11 is 0. The number of rotatable bonds is 7. The van der Waals surface area contributed by atoms with Crippen LogP contribution in [0, 0.1) is 27.7 Å². The van der Waals surface area contributed by atoms with E-state index in [4.69, 9.17) is 0 Å². The molecule has 0 aliphatic heterocycles. The van der Waals surface area contributed by atoms with E-state index in [9.17, 15) is 9.59 Å². The van der Waals surface area contributed by atoms with Gasteiger partial charge in [0.1, 0.15) is 6.42 Å². The van der Waals surface area contributed by atoms with Crippen molar-refractivity contribution in [1.82, 2.24) is 15.3 Å². The van der Waals surface area contributed by atoms with Gasteiger partial charge in [0.15, 0.2) is 0 Å². The maximum atomic E-state index is 12.0. The Labute approximate surface area is 183 Å². The number of aromatic nitrogens is 1. The van der Waals surface area contributed by atoms with Crippen LogP contribution in [0.2, 0.25) is 0 Å². The fourth-order valence-corrected chi connectivity index (χ4v) is 3.47. The van der Waals surface area contributed by atoms with Crippen LogP contribution in [0.4, 0.5) is 0 Å². The summed E-state index contributed by atoms with van der Waals surface area (Å²) in [5, 5.41) is 6.77. The van der Waals surface area contributed by atoms with Gasteiger partial charge in [-0.2, -0.15) is 5.10 Å². The molecule has 0 aliphatic carbocycles. The number of carbonyl (C=O) groups excluding carboxylic acids is 2. The topological polar surface area (TPSA) is 75.5 Å². The molecule has 3 rings (SSSR count). The first kappa shape index (κ1) is 22.0. The van der Waals surface area contributed by atoms with Crippen LogP contribution in [-0.2, 0) is 16.1 Å². The van der Waals surface area contributed by atoms with Crippen LogP contribution in [0.25, 0.3) is 5.69 Å². The molecule has 2 aromatic carbocycles. The van der Waals surface area contributed by atoms with Crippen LogP contribution in [0.5, 0.6) is 0 Å². The Hall–Kier alpha value is -3.67. The van der Waals surface area contributed by atoms with Crippen molar-refractivity contribution >= 4 is 18.0 Å². The molecule has 6 nitrogen and oxygen atoms in total. The van der Waals surface area contributed by atoms with Crippen molar-refractivity contribution in [3.05, 3.63) is 88.2 Å². The second kappa shape index (κ2) is 9.89. The maximum absolute atomic E-state index is 12.0. The van der Waals surface area contributed by atoms with Crippen molar-refractivity contribution in [2.24, 2.45) is 5.10 Å². The average Bonchev–Trinajstić information content (AvgIpc) is 3.02. The summed E-state index contributed by atoms with van der Waals surface area (Å²) in [6, 6.07) is 17.9. The first-order chi connectivity index (χ1) is 14.8. The Bertz CT molecular complexity index is 1110. The molecule has 3 aromatic rings. The van der Waals surface area contributed by atoms with Crippen molar-refractivity contribution in [2.45, 2.75) is 40.7 Å². The van der Waals surface area contributed by atoms with Gasteiger partial charge in [-0.05, 0) is 56.5 Å². The second-order valence-electron chi connectivity index (χ2n) is 7.68.